The van der Waals surface area contributed by atoms with Crippen molar-refractivity contribution in [2.75, 3.05) is 39.7 Å². The van der Waals surface area contributed by atoms with Gasteiger partial charge in [0.15, 0.2) is 0 Å². The number of benzene rings is 2. The number of carbonyl (C=O) groups excluding carboxylic acids is 1. The van der Waals surface area contributed by atoms with E-state index in [4.69, 9.17) is 9.47 Å². The normalized spacial score (nSPS) is 12.0. The molecule has 0 aliphatic rings. The fraction of sp³-hybridized carbons (Fsp3) is 0.409. The van der Waals surface area contributed by atoms with Crippen molar-refractivity contribution >= 4 is 11.7 Å². The van der Waals surface area contributed by atoms with E-state index in [-0.39, 0.29) is 12.1 Å². The minimum absolute atomic E-state index is 0.0216. The SMILES string of the molecule is COc1cccc(C(CNC(=O)Nc2ccccc2OCC(C)C)N(C)C)c1. The number of para-hydroxylation sites is 2. The van der Waals surface area contributed by atoms with Crippen molar-refractivity contribution in [3.8, 4) is 11.5 Å². The van der Waals surface area contributed by atoms with Gasteiger partial charge in [0.05, 0.1) is 25.4 Å². The smallest absolute Gasteiger partial charge is 0.319 e. The predicted octanol–water partition coefficient (Wildman–Crippen LogP) is 4.15. The Morgan fingerprint density at radius 2 is 1.86 bits per heavy atom. The Morgan fingerprint density at radius 1 is 1.11 bits per heavy atom. The number of rotatable bonds is 9. The molecule has 152 valence electrons. The predicted molar refractivity (Wildman–Crippen MR) is 113 cm³/mol. The van der Waals surface area contributed by atoms with E-state index in [1.807, 2.05) is 62.6 Å². The lowest BCUT2D eigenvalue weighted by molar-refractivity contribution is 0.242. The lowest BCUT2D eigenvalue weighted by Crippen LogP contribution is -2.37. The Labute approximate surface area is 167 Å². The van der Waals surface area contributed by atoms with Gasteiger partial charge in [-0.3, -0.25) is 0 Å². The van der Waals surface area contributed by atoms with E-state index in [0.717, 1.165) is 11.3 Å². The fourth-order valence-electron chi connectivity index (χ4n) is 2.76. The van der Waals surface area contributed by atoms with Gasteiger partial charge >= 0.3 is 6.03 Å². The maximum Gasteiger partial charge on any atom is 0.319 e. The molecule has 0 spiro atoms. The number of nitrogens with one attached hydrogen (secondary N) is 2. The highest BCUT2D eigenvalue weighted by atomic mass is 16.5. The standard InChI is InChI=1S/C22H31N3O3/c1-16(2)15-28-21-12-7-6-11-19(21)24-22(26)23-14-20(25(3)4)17-9-8-10-18(13-17)27-5/h6-13,16,20H,14-15H2,1-5H3,(H2,23,24,26). The Hall–Kier alpha value is -2.73. The molecule has 0 saturated carbocycles. The van der Waals surface area contributed by atoms with Crippen molar-refractivity contribution in [3.63, 3.8) is 0 Å². The summed E-state index contributed by atoms with van der Waals surface area (Å²) in [6.07, 6.45) is 0. The van der Waals surface area contributed by atoms with Gasteiger partial charge in [-0.15, -0.1) is 0 Å². The second-order valence-electron chi connectivity index (χ2n) is 7.29. The number of ether oxygens (including phenoxy) is 2. The summed E-state index contributed by atoms with van der Waals surface area (Å²) in [5, 5.41) is 5.84. The lowest BCUT2D eigenvalue weighted by atomic mass is 10.1. The minimum atomic E-state index is -0.268. The van der Waals surface area contributed by atoms with Gasteiger partial charge in [-0.25, -0.2) is 4.79 Å². The van der Waals surface area contributed by atoms with Gasteiger partial charge in [0.1, 0.15) is 11.5 Å². The molecule has 0 saturated heterocycles. The summed E-state index contributed by atoms with van der Waals surface area (Å²) in [7, 11) is 5.62. The average Bonchev–Trinajstić information content (AvgIpc) is 2.67. The molecule has 0 heterocycles. The van der Waals surface area contributed by atoms with Gasteiger partial charge in [-0.2, -0.15) is 0 Å². The molecule has 0 aliphatic carbocycles. The van der Waals surface area contributed by atoms with E-state index in [0.29, 0.717) is 30.5 Å². The number of methoxy groups -OCH3 is 1. The summed E-state index contributed by atoms with van der Waals surface area (Å²) >= 11 is 0. The summed E-state index contributed by atoms with van der Waals surface area (Å²) < 4.78 is 11.1. The number of hydrogen-bond donors (Lipinski definition) is 2. The van der Waals surface area contributed by atoms with E-state index in [1.165, 1.54) is 0 Å². The molecule has 1 unspecified atom stereocenters. The van der Waals surface area contributed by atoms with E-state index >= 15 is 0 Å². The van der Waals surface area contributed by atoms with Crippen LogP contribution in [0, 0.1) is 5.92 Å². The first-order valence-corrected chi connectivity index (χ1v) is 9.47. The van der Waals surface area contributed by atoms with E-state index in [2.05, 4.69) is 29.4 Å². The molecular formula is C22H31N3O3. The quantitative estimate of drug-likeness (QED) is 0.681. The summed E-state index contributed by atoms with van der Waals surface area (Å²) in [6, 6.07) is 15.1. The molecule has 6 nitrogen and oxygen atoms in total. The Balaban J connectivity index is 2.00. The van der Waals surface area contributed by atoms with Crippen LogP contribution in [0.15, 0.2) is 48.5 Å². The number of nitrogens with zero attached hydrogens (tertiary/aromatic N) is 1. The molecule has 0 aliphatic heterocycles. The van der Waals surface area contributed by atoms with Crippen LogP contribution < -0.4 is 20.1 Å². The molecule has 0 bridgehead atoms. The molecule has 2 N–H and O–H groups in total. The zero-order chi connectivity index (χ0) is 20.5. The fourth-order valence-corrected chi connectivity index (χ4v) is 2.76. The number of urea groups is 1. The van der Waals surface area contributed by atoms with E-state index < -0.39 is 0 Å². The van der Waals surface area contributed by atoms with Crippen LogP contribution in [0.5, 0.6) is 11.5 Å². The second kappa shape index (κ2) is 10.6. The van der Waals surface area contributed by atoms with Crippen molar-refractivity contribution < 1.29 is 14.3 Å². The minimum Gasteiger partial charge on any atom is -0.497 e. The van der Waals surface area contributed by atoms with Gasteiger partial charge in [0.2, 0.25) is 0 Å². The first kappa shape index (κ1) is 21.6. The van der Waals surface area contributed by atoms with Gasteiger partial charge in [0, 0.05) is 6.54 Å². The molecule has 1 atom stereocenters. The monoisotopic (exact) mass is 385 g/mol. The number of amides is 2. The summed E-state index contributed by atoms with van der Waals surface area (Å²) in [4.78, 5) is 14.5. The average molecular weight is 386 g/mol. The third kappa shape index (κ3) is 6.46. The molecule has 0 aromatic heterocycles. The van der Waals surface area contributed by atoms with Crippen LogP contribution >= 0.6 is 0 Å². The molecule has 0 radical (unpaired) electrons. The molecule has 28 heavy (non-hydrogen) atoms. The molecule has 2 aromatic rings. The van der Waals surface area contributed by atoms with Crippen molar-refractivity contribution in [1.82, 2.24) is 10.2 Å². The molecule has 2 rings (SSSR count). The maximum absolute atomic E-state index is 12.5. The third-order valence-electron chi connectivity index (χ3n) is 4.27. The summed E-state index contributed by atoms with van der Waals surface area (Å²) in [5.74, 6) is 1.87. The topological polar surface area (TPSA) is 62.8 Å². The maximum atomic E-state index is 12.5. The van der Waals surface area contributed by atoms with Crippen LogP contribution in [0.2, 0.25) is 0 Å². The van der Waals surface area contributed by atoms with Gasteiger partial charge in [-0.1, -0.05) is 38.1 Å². The van der Waals surface area contributed by atoms with Crippen molar-refractivity contribution in [1.29, 1.82) is 0 Å². The van der Waals surface area contributed by atoms with Crippen LogP contribution in [0.1, 0.15) is 25.5 Å². The highest BCUT2D eigenvalue weighted by Gasteiger charge is 2.16. The zero-order valence-corrected chi connectivity index (χ0v) is 17.4. The zero-order valence-electron chi connectivity index (χ0n) is 17.4. The molecule has 6 heteroatoms. The summed E-state index contributed by atoms with van der Waals surface area (Å²) in [5.41, 5.74) is 1.73. The van der Waals surface area contributed by atoms with Gasteiger partial charge < -0.3 is 25.0 Å². The number of anilines is 1. The highest BCUT2D eigenvalue weighted by molar-refractivity contribution is 5.90. The van der Waals surface area contributed by atoms with Crippen LogP contribution in [-0.2, 0) is 0 Å². The van der Waals surface area contributed by atoms with Gasteiger partial charge in [-0.05, 0) is 49.8 Å². The van der Waals surface area contributed by atoms with Crippen molar-refractivity contribution in [3.05, 3.63) is 54.1 Å². The number of carbonyl (C=O) groups is 1. The molecule has 2 aromatic carbocycles. The molecule has 0 fully saturated rings. The summed E-state index contributed by atoms with van der Waals surface area (Å²) in [6.45, 7) is 5.23. The third-order valence-corrected chi connectivity index (χ3v) is 4.27. The second-order valence-corrected chi connectivity index (χ2v) is 7.29. The van der Waals surface area contributed by atoms with Crippen LogP contribution in [0.3, 0.4) is 0 Å². The van der Waals surface area contributed by atoms with Crippen molar-refractivity contribution in [2.24, 2.45) is 5.92 Å². The van der Waals surface area contributed by atoms with Crippen LogP contribution in [-0.4, -0.2) is 45.3 Å². The van der Waals surface area contributed by atoms with Gasteiger partial charge in [0.25, 0.3) is 0 Å². The van der Waals surface area contributed by atoms with E-state index in [9.17, 15) is 4.79 Å². The Morgan fingerprint density at radius 3 is 2.54 bits per heavy atom. The van der Waals surface area contributed by atoms with Crippen molar-refractivity contribution in [2.45, 2.75) is 19.9 Å². The molecule has 2 amide bonds. The van der Waals surface area contributed by atoms with Crippen LogP contribution in [0.25, 0.3) is 0 Å². The molecular weight excluding hydrogens is 354 g/mol. The first-order valence-electron chi connectivity index (χ1n) is 9.47. The number of hydrogen-bond acceptors (Lipinski definition) is 4. The Kier molecular flexibility index (Phi) is 8.14. The highest BCUT2D eigenvalue weighted by Crippen LogP contribution is 2.25. The Bertz CT molecular complexity index is 762. The van der Waals surface area contributed by atoms with E-state index in [1.54, 1.807) is 7.11 Å². The lowest BCUT2D eigenvalue weighted by Gasteiger charge is -2.25. The van der Waals surface area contributed by atoms with Crippen LogP contribution in [0.4, 0.5) is 10.5 Å². The largest absolute Gasteiger partial charge is 0.497 e. The number of likely N-dealkylation sites (N-methyl/N-ethyl adjacent to an activating group) is 1. The first-order chi connectivity index (χ1) is 13.4.